The van der Waals surface area contributed by atoms with E-state index in [0.29, 0.717) is 34.6 Å². The molecule has 0 saturated carbocycles. The van der Waals surface area contributed by atoms with Crippen LogP contribution in [0.3, 0.4) is 0 Å². The average molecular weight is 684 g/mol. The summed E-state index contributed by atoms with van der Waals surface area (Å²) in [5, 5.41) is 46.0. The highest BCUT2D eigenvalue weighted by atomic mass is 16.7. The van der Waals surface area contributed by atoms with E-state index in [4.69, 9.17) is 23.7 Å². The molecule has 2 heterocycles. The van der Waals surface area contributed by atoms with Gasteiger partial charge < -0.3 is 44.1 Å². The van der Waals surface area contributed by atoms with Gasteiger partial charge in [0.05, 0.1) is 0 Å². The quantitative estimate of drug-likeness (QED) is 0.135. The van der Waals surface area contributed by atoms with Crippen LogP contribution in [0, 0.1) is 0 Å². The number of piperidine rings is 2. The summed E-state index contributed by atoms with van der Waals surface area (Å²) in [5.41, 5.74) is 2.43. The van der Waals surface area contributed by atoms with Gasteiger partial charge in [0, 0.05) is 53.2 Å². The van der Waals surface area contributed by atoms with E-state index in [0.717, 1.165) is 57.6 Å². The number of esters is 5. The Labute approximate surface area is 280 Å². The van der Waals surface area contributed by atoms with Crippen LogP contribution in [-0.2, 0) is 49.3 Å². The molecule has 5 rings (SSSR count). The summed E-state index contributed by atoms with van der Waals surface area (Å²) in [6, 6.07) is 5.39. The monoisotopic (exact) mass is 683 g/mol. The highest BCUT2D eigenvalue weighted by molar-refractivity contribution is 5.71. The molecule has 4 N–H and O–H groups in total. The number of carbonyl (C=O) groups is 5. The number of rotatable bonds is 7. The molecule has 0 aromatic heterocycles. The summed E-state index contributed by atoms with van der Waals surface area (Å²) in [6.07, 6.45) is 5.02. The molecule has 2 aliphatic carbocycles. The number of nitrogens with zero attached hydrogens (tertiary/aromatic N) is 1. The molecule has 1 aromatic carbocycles. The van der Waals surface area contributed by atoms with E-state index < -0.39 is 65.1 Å². The molecular weight excluding hydrogens is 646 g/mol. The third-order valence-electron chi connectivity index (χ3n) is 8.59. The van der Waals surface area contributed by atoms with Gasteiger partial charge in [0.15, 0.2) is 0 Å². The number of aliphatic hydroxyl groups is 4. The fraction of sp³-hybridized carbons (Fsp3) is 0.441. The summed E-state index contributed by atoms with van der Waals surface area (Å²) >= 11 is 0. The predicted molar refractivity (Wildman–Crippen MR) is 164 cm³/mol. The molecule has 2 saturated heterocycles. The number of hydrogen-bond acceptors (Lipinski definition) is 15. The molecule has 49 heavy (non-hydrogen) atoms. The molecule has 0 radical (unpaired) electrons. The molecule has 15 nitrogen and oxygen atoms in total. The summed E-state index contributed by atoms with van der Waals surface area (Å²) in [6.45, 7) is 5.62. The summed E-state index contributed by atoms with van der Waals surface area (Å²) in [7, 11) is 0. The molecule has 4 unspecified atom stereocenters. The standard InChI is InChI=1S/C34H37NO14/c1-18(36)45-26-8-6-23(7-9-26)12-29-28-17-34(44,49-22(5)40)32(42,47-20(3)38)15-25(28)13-30-27-16-33(43,48-21(4)39)31(41,46-19(2)37)14-24(27)10-11-35(29)30/h6-9,14-17,29-30,41-44H,10-13H2,1-5H3/t29-,30+,31?,32?,33?,34?/m0/s1. The Bertz CT molecular complexity index is 1730. The normalized spacial score (nSPS) is 31.9. The number of fused-ring (bicyclic) bond motifs is 4. The zero-order valence-electron chi connectivity index (χ0n) is 27.4. The van der Waals surface area contributed by atoms with Gasteiger partial charge in [0.1, 0.15) is 5.75 Å². The third kappa shape index (κ3) is 6.80. The first-order valence-corrected chi connectivity index (χ1v) is 15.4. The summed E-state index contributed by atoms with van der Waals surface area (Å²) < 4.78 is 25.7. The first kappa shape index (κ1) is 35.6. The zero-order valence-corrected chi connectivity index (χ0v) is 27.4. The van der Waals surface area contributed by atoms with Crippen LogP contribution >= 0.6 is 0 Å². The lowest BCUT2D eigenvalue weighted by molar-refractivity contribution is -0.319. The second kappa shape index (κ2) is 12.7. The van der Waals surface area contributed by atoms with Gasteiger partial charge in [-0.1, -0.05) is 12.1 Å². The number of hydrogen-bond donors (Lipinski definition) is 4. The minimum Gasteiger partial charge on any atom is -0.427 e. The minimum atomic E-state index is -2.84. The molecule has 0 amide bonds. The Balaban J connectivity index is 1.66. The van der Waals surface area contributed by atoms with E-state index in [2.05, 4.69) is 0 Å². The van der Waals surface area contributed by atoms with Gasteiger partial charge in [0.2, 0.25) is 0 Å². The van der Waals surface area contributed by atoms with Crippen molar-refractivity contribution in [3.05, 3.63) is 76.4 Å². The lowest BCUT2D eigenvalue weighted by atomic mass is 9.71. The lowest BCUT2D eigenvalue weighted by Gasteiger charge is -2.53. The van der Waals surface area contributed by atoms with E-state index in [1.54, 1.807) is 24.3 Å². The Morgan fingerprint density at radius 2 is 1.10 bits per heavy atom. The Morgan fingerprint density at radius 3 is 1.57 bits per heavy atom. The predicted octanol–water partition coefficient (Wildman–Crippen LogP) is 0.741. The molecule has 1 aromatic rings. The molecule has 2 fully saturated rings. The zero-order chi connectivity index (χ0) is 36.1. The molecule has 2 aliphatic heterocycles. The van der Waals surface area contributed by atoms with E-state index >= 15 is 0 Å². The van der Waals surface area contributed by atoms with E-state index in [-0.39, 0.29) is 19.3 Å². The molecular formula is C34H37NO14. The van der Waals surface area contributed by atoms with Gasteiger partial charge in [-0.3, -0.25) is 28.9 Å². The molecule has 15 heteroatoms. The Morgan fingerprint density at radius 1 is 0.653 bits per heavy atom. The van der Waals surface area contributed by atoms with Crippen molar-refractivity contribution in [1.82, 2.24) is 4.90 Å². The van der Waals surface area contributed by atoms with Crippen molar-refractivity contribution in [2.45, 2.75) is 89.1 Å². The summed E-state index contributed by atoms with van der Waals surface area (Å²) in [4.78, 5) is 61.7. The van der Waals surface area contributed by atoms with Crippen LogP contribution in [0.1, 0.15) is 53.0 Å². The second-order valence-electron chi connectivity index (χ2n) is 12.4. The van der Waals surface area contributed by atoms with Crippen molar-refractivity contribution in [2.24, 2.45) is 0 Å². The number of ether oxygens (including phenoxy) is 5. The van der Waals surface area contributed by atoms with Crippen molar-refractivity contribution in [3.8, 4) is 5.75 Å². The average Bonchev–Trinajstić information content (AvgIpc) is 2.94. The van der Waals surface area contributed by atoms with Crippen LogP contribution in [-0.4, -0.2) is 96.9 Å². The fourth-order valence-electron chi connectivity index (χ4n) is 6.84. The van der Waals surface area contributed by atoms with Gasteiger partial charge in [-0.15, -0.1) is 0 Å². The topological polar surface area (TPSA) is 216 Å². The van der Waals surface area contributed by atoms with Gasteiger partial charge in [-0.05, 0) is 83.6 Å². The molecule has 262 valence electrons. The van der Waals surface area contributed by atoms with Crippen molar-refractivity contribution in [2.75, 3.05) is 6.54 Å². The van der Waals surface area contributed by atoms with Crippen molar-refractivity contribution in [3.63, 3.8) is 0 Å². The van der Waals surface area contributed by atoms with Crippen LogP contribution in [0.15, 0.2) is 70.9 Å². The third-order valence-corrected chi connectivity index (χ3v) is 8.59. The first-order valence-electron chi connectivity index (χ1n) is 15.4. The largest absolute Gasteiger partial charge is 0.427 e. The van der Waals surface area contributed by atoms with E-state index in [1.807, 2.05) is 4.90 Å². The van der Waals surface area contributed by atoms with Crippen LogP contribution in [0.5, 0.6) is 5.75 Å². The molecule has 6 atom stereocenters. The molecule has 0 bridgehead atoms. The van der Waals surface area contributed by atoms with Crippen LogP contribution in [0.2, 0.25) is 0 Å². The number of benzene rings is 1. The Kier molecular flexibility index (Phi) is 9.20. The van der Waals surface area contributed by atoms with Crippen molar-refractivity contribution in [1.29, 1.82) is 0 Å². The Hall–Kier alpha value is -4.67. The van der Waals surface area contributed by atoms with Gasteiger partial charge in [0.25, 0.3) is 0 Å². The highest BCUT2D eigenvalue weighted by Gasteiger charge is 2.60. The van der Waals surface area contributed by atoms with Gasteiger partial charge in [-0.25, -0.2) is 0 Å². The fourth-order valence-corrected chi connectivity index (χ4v) is 6.84. The summed E-state index contributed by atoms with van der Waals surface area (Å²) in [5.74, 6) is -15.3. The lowest BCUT2D eigenvalue weighted by Crippen LogP contribution is -2.63. The maximum atomic E-state index is 12.1. The van der Waals surface area contributed by atoms with Crippen LogP contribution in [0.4, 0.5) is 0 Å². The smallest absolute Gasteiger partial charge is 0.308 e. The van der Waals surface area contributed by atoms with Crippen molar-refractivity contribution < 1.29 is 68.1 Å². The van der Waals surface area contributed by atoms with Crippen molar-refractivity contribution >= 4 is 29.8 Å². The van der Waals surface area contributed by atoms with Gasteiger partial charge in [-0.2, -0.15) is 0 Å². The maximum absolute atomic E-state index is 12.1. The van der Waals surface area contributed by atoms with Crippen LogP contribution in [0.25, 0.3) is 0 Å². The minimum absolute atomic E-state index is 0.0543. The number of carbonyl (C=O) groups excluding carboxylic acids is 5. The molecule has 4 aliphatic rings. The maximum Gasteiger partial charge on any atom is 0.308 e. The first-order chi connectivity index (χ1) is 22.8. The SMILES string of the molecule is CC(=O)Oc1ccc(C[C@H]2C3=CC(O)(OC(C)=O)C(O)(OC(C)=O)C=C3C[C@@H]3C4=CC(O)(OC(C)=O)C(O)(OC(C)=O)C=C4CCN32)cc1. The molecule has 0 spiro atoms. The van der Waals surface area contributed by atoms with Gasteiger partial charge >= 0.3 is 53.0 Å². The van der Waals surface area contributed by atoms with E-state index in [1.165, 1.54) is 6.92 Å². The van der Waals surface area contributed by atoms with Crippen LogP contribution < -0.4 is 4.74 Å². The van der Waals surface area contributed by atoms with E-state index in [9.17, 15) is 44.4 Å². The second-order valence-corrected chi connectivity index (χ2v) is 12.4. The highest BCUT2D eigenvalue weighted by Crippen LogP contribution is 2.50.